The molecular weight excluding hydrogens is 362 g/mol. The van der Waals surface area contributed by atoms with Gasteiger partial charge in [-0.3, -0.25) is 0 Å². The van der Waals surface area contributed by atoms with Crippen molar-refractivity contribution in [1.29, 1.82) is 0 Å². The van der Waals surface area contributed by atoms with Gasteiger partial charge in [0.05, 0.1) is 22.2 Å². The number of carboxylic acid groups (broad SMARTS) is 1. The first kappa shape index (κ1) is 17.9. The first-order chi connectivity index (χ1) is 9.85. The molecule has 21 heavy (non-hydrogen) atoms. The number of aromatic carboxylic acids is 1. The summed E-state index contributed by atoms with van der Waals surface area (Å²) in [6.07, 6.45) is 2.57. The van der Waals surface area contributed by atoms with E-state index in [1.165, 1.54) is 18.3 Å². The standard InChI is InChI=1S/C6H3Cl2NO2.C6H5Cl2NO/c7-4-1-5(8)9-2-3(4)6(10)11;7-5-1-6(8)9-2-4(5)3-10/h1-2H,(H,10,11);1-2,10H,3H2. The number of rotatable bonds is 2. The number of hydrogen-bond donors (Lipinski definition) is 2. The van der Waals surface area contributed by atoms with E-state index in [0.717, 1.165) is 6.20 Å². The first-order valence-electron chi connectivity index (χ1n) is 5.30. The topological polar surface area (TPSA) is 83.3 Å². The van der Waals surface area contributed by atoms with Crippen LogP contribution in [0.5, 0.6) is 0 Å². The summed E-state index contributed by atoms with van der Waals surface area (Å²) in [4.78, 5) is 17.7. The van der Waals surface area contributed by atoms with Crippen molar-refractivity contribution in [2.45, 2.75) is 6.61 Å². The Bertz CT molecular complexity index is 652. The van der Waals surface area contributed by atoms with E-state index in [1.54, 1.807) is 0 Å². The van der Waals surface area contributed by atoms with Crippen LogP contribution in [0.4, 0.5) is 0 Å². The Balaban J connectivity index is 0.000000211. The van der Waals surface area contributed by atoms with E-state index >= 15 is 0 Å². The van der Waals surface area contributed by atoms with E-state index in [2.05, 4.69) is 9.97 Å². The van der Waals surface area contributed by atoms with Crippen LogP contribution >= 0.6 is 46.4 Å². The Hall–Kier alpha value is -1.11. The molecule has 0 amide bonds. The molecule has 0 aliphatic heterocycles. The number of carbonyl (C=O) groups is 1. The summed E-state index contributed by atoms with van der Waals surface area (Å²) in [5.41, 5.74) is 0.544. The monoisotopic (exact) mass is 368 g/mol. The van der Waals surface area contributed by atoms with E-state index in [0.29, 0.717) is 15.7 Å². The van der Waals surface area contributed by atoms with Crippen LogP contribution in [0.15, 0.2) is 24.5 Å². The van der Waals surface area contributed by atoms with Crippen LogP contribution in [0.1, 0.15) is 15.9 Å². The zero-order valence-corrected chi connectivity index (χ0v) is 13.2. The van der Waals surface area contributed by atoms with Gasteiger partial charge in [-0.15, -0.1) is 0 Å². The molecule has 2 heterocycles. The van der Waals surface area contributed by atoms with Gasteiger partial charge in [0, 0.05) is 18.0 Å². The van der Waals surface area contributed by atoms with E-state index in [1.807, 2.05) is 0 Å². The van der Waals surface area contributed by atoms with Gasteiger partial charge in [-0.2, -0.15) is 0 Å². The molecule has 2 N–H and O–H groups in total. The van der Waals surface area contributed by atoms with E-state index in [4.69, 9.17) is 56.6 Å². The molecule has 0 radical (unpaired) electrons. The molecule has 0 spiro atoms. The Morgan fingerprint density at radius 2 is 1.52 bits per heavy atom. The zero-order valence-electron chi connectivity index (χ0n) is 10.2. The maximum Gasteiger partial charge on any atom is 0.338 e. The summed E-state index contributed by atoms with van der Waals surface area (Å²) in [5, 5.41) is 18.2. The van der Waals surface area contributed by atoms with E-state index < -0.39 is 5.97 Å². The molecule has 0 fully saturated rings. The van der Waals surface area contributed by atoms with Crippen molar-refractivity contribution < 1.29 is 15.0 Å². The highest BCUT2D eigenvalue weighted by molar-refractivity contribution is 6.36. The van der Waals surface area contributed by atoms with Crippen molar-refractivity contribution in [2.24, 2.45) is 0 Å². The molecule has 0 atom stereocenters. The molecule has 0 saturated carbocycles. The molecule has 0 aliphatic rings. The molecule has 0 bridgehead atoms. The summed E-state index contributed by atoms with van der Waals surface area (Å²) in [7, 11) is 0. The van der Waals surface area contributed by atoms with Crippen LogP contribution in [0.3, 0.4) is 0 Å². The Labute approximate surface area is 140 Å². The van der Waals surface area contributed by atoms with Gasteiger partial charge < -0.3 is 10.2 Å². The van der Waals surface area contributed by atoms with Crippen molar-refractivity contribution in [2.75, 3.05) is 0 Å². The molecule has 0 aliphatic carbocycles. The largest absolute Gasteiger partial charge is 0.478 e. The van der Waals surface area contributed by atoms with Crippen molar-refractivity contribution in [1.82, 2.24) is 9.97 Å². The van der Waals surface area contributed by atoms with Crippen LogP contribution in [-0.2, 0) is 6.61 Å². The third kappa shape index (κ3) is 5.65. The molecule has 0 unspecified atom stereocenters. The lowest BCUT2D eigenvalue weighted by Gasteiger charge is -1.97. The van der Waals surface area contributed by atoms with E-state index in [-0.39, 0.29) is 22.3 Å². The lowest BCUT2D eigenvalue weighted by atomic mass is 10.3. The molecule has 0 aromatic carbocycles. The van der Waals surface area contributed by atoms with Gasteiger partial charge in [0.25, 0.3) is 0 Å². The second kappa shape index (κ2) is 8.36. The number of aliphatic hydroxyl groups is 1. The maximum absolute atomic E-state index is 10.4. The van der Waals surface area contributed by atoms with Crippen LogP contribution in [0, 0.1) is 0 Å². The highest BCUT2D eigenvalue weighted by Crippen LogP contribution is 2.18. The molecule has 2 rings (SSSR count). The molecule has 5 nitrogen and oxygen atoms in total. The van der Waals surface area contributed by atoms with Gasteiger partial charge in [-0.25, -0.2) is 14.8 Å². The van der Waals surface area contributed by atoms with Gasteiger partial charge in [0.15, 0.2) is 0 Å². The van der Waals surface area contributed by atoms with Crippen LogP contribution in [0.25, 0.3) is 0 Å². The number of nitrogens with zero attached hydrogens (tertiary/aromatic N) is 2. The summed E-state index contributed by atoms with van der Waals surface area (Å²) in [6.45, 7) is -0.108. The van der Waals surface area contributed by atoms with Gasteiger partial charge in [-0.1, -0.05) is 46.4 Å². The summed E-state index contributed by atoms with van der Waals surface area (Å²) >= 11 is 22.1. The first-order valence-corrected chi connectivity index (χ1v) is 6.81. The third-order valence-corrected chi connectivity index (χ3v) is 3.20. The minimum atomic E-state index is -1.11. The highest BCUT2D eigenvalue weighted by atomic mass is 35.5. The van der Waals surface area contributed by atoms with Gasteiger partial charge in [0.1, 0.15) is 10.3 Å². The summed E-state index contributed by atoms with van der Waals surface area (Å²) in [6, 6.07) is 2.78. The average Bonchev–Trinajstić information content (AvgIpc) is 2.39. The number of hydrogen-bond acceptors (Lipinski definition) is 4. The molecule has 9 heteroatoms. The lowest BCUT2D eigenvalue weighted by Crippen LogP contribution is -1.97. The van der Waals surface area contributed by atoms with Gasteiger partial charge >= 0.3 is 5.97 Å². The fourth-order valence-corrected chi connectivity index (χ4v) is 1.99. The number of pyridine rings is 2. The molecule has 2 aromatic rings. The average molecular weight is 370 g/mol. The van der Waals surface area contributed by atoms with Crippen LogP contribution < -0.4 is 0 Å². The summed E-state index contributed by atoms with van der Waals surface area (Å²) in [5.74, 6) is -1.11. The zero-order chi connectivity index (χ0) is 16.0. The fourth-order valence-electron chi connectivity index (χ4n) is 1.12. The quantitative estimate of drug-likeness (QED) is 0.782. The Kier molecular flexibility index (Phi) is 7.14. The highest BCUT2D eigenvalue weighted by Gasteiger charge is 2.08. The molecule has 0 saturated heterocycles. The predicted molar refractivity (Wildman–Crippen MR) is 81.4 cm³/mol. The van der Waals surface area contributed by atoms with Crippen molar-refractivity contribution in [3.63, 3.8) is 0 Å². The third-order valence-electron chi connectivity index (χ3n) is 2.12. The van der Waals surface area contributed by atoms with E-state index in [9.17, 15) is 4.79 Å². The molecule has 112 valence electrons. The lowest BCUT2D eigenvalue weighted by molar-refractivity contribution is 0.0696. The van der Waals surface area contributed by atoms with Crippen LogP contribution in [0.2, 0.25) is 20.4 Å². The Morgan fingerprint density at radius 1 is 1.00 bits per heavy atom. The van der Waals surface area contributed by atoms with Gasteiger partial charge in [0.2, 0.25) is 0 Å². The maximum atomic E-state index is 10.4. The fraction of sp³-hybridized carbons (Fsp3) is 0.0833. The van der Waals surface area contributed by atoms with Crippen molar-refractivity contribution in [3.05, 3.63) is 56.0 Å². The number of aromatic nitrogens is 2. The van der Waals surface area contributed by atoms with Crippen molar-refractivity contribution in [3.8, 4) is 0 Å². The minimum Gasteiger partial charge on any atom is -0.478 e. The number of carboxylic acids is 1. The summed E-state index contributed by atoms with van der Waals surface area (Å²) < 4.78 is 0. The normalized spacial score (nSPS) is 9.76. The van der Waals surface area contributed by atoms with Crippen molar-refractivity contribution >= 4 is 52.4 Å². The van der Waals surface area contributed by atoms with Gasteiger partial charge in [-0.05, 0) is 12.1 Å². The van der Waals surface area contributed by atoms with Crippen LogP contribution in [-0.4, -0.2) is 26.2 Å². The smallest absolute Gasteiger partial charge is 0.338 e. The number of aliphatic hydroxyl groups excluding tert-OH is 1. The molecular formula is C12H8Cl4N2O3. The minimum absolute atomic E-state index is 0.0453. The SMILES string of the molecule is O=C(O)c1cnc(Cl)cc1Cl.OCc1cnc(Cl)cc1Cl. The molecule has 2 aromatic heterocycles. The predicted octanol–water partition coefficient (Wildman–Crippen LogP) is 3.97. The number of halogens is 4. The Morgan fingerprint density at radius 3 is 1.95 bits per heavy atom. The second-order valence-corrected chi connectivity index (χ2v) is 5.14. The second-order valence-electron chi connectivity index (χ2n) is 3.55.